The van der Waals surface area contributed by atoms with Crippen LogP contribution in [-0.2, 0) is 0 Å². The van der Waals surface area contributed by atoms with E-state index in [0.717, 1.165) is 17.2 Å². The van der Waals surface area contributed by atoms with E-state index in [9.17, 15) is 4.39 Å². The first-order chi connectivity index (χ1) is 8.60. The van der Waals surface area contributed by atoms with Gasteiger partial charge < -0.3 is 5.32 Å². The largest absolute Gasteiger partial charge is 0.382 e. The van der Waals surface area contributed by atoms with E-state index in [2.05, 4.69) is 28.2 Å². The lowest BCUT2D eigenvalue weighted by Gasteiger charge is -2.29. The number of hydrogen-bond donors (Lipinski definition) is 1. The maximum atomic E-state index is 13.5. The summed E-state index contributed by atoms with van der Waals surface area (Å²) in [4.78, 5) is 0. The Morgan fingerprint density at radius 1 is 1.28 bits per heavy atom. The average molecular weight is 314 g/mol. The van der Waals surface area contributed by atoms with Gasteiger partial charge in [-0.25, -0.2) is 4.39 Å². The molecule has 0 bridgehead atoms. The van der Waals surface area contributed by atoms with E-state index in [1.165, 1.54) is 32.1 Å². The Hall–Kier alpha value is -0.570. The standard InChI is InChI=1S/C15H21BrFN/c1-3-11-4-6-12(7-5-11)18-15-9-14(17)13(16)8-10(15)2/h8-9,11-12,18H,3-7H2,1-2H3. The third kappa shape index (κ3) is 3.25. The molecular weight excluding hydrogens is 293 g/mol. The third-order valence-electron chi connectivity index (χ3n) is 4.05. The van der Waals surface area contributed by atoms with Crippen LogP contribution >= 0.6 is 15.9 Å². The molecular formula is C15H21BrFN. The fraction of sp³-hybridized carbons (Fsp3) is 0.600. The van der Waals surface area contributed by atoms with Gasteiger partial charge in [-0.1, -0.05) is 13.3 Å². The Bertz CT molecular complexity index is 411. The van der Waals surface area contributed by atoms with E-state index in [1.54, 1.807) is 6.07 Å². The van der Waals surface area contributed by atoms with Gasteiger partial charge in [0.1, 0.15) is 5.82 Å². The van der Waals surface area contributed by atoms with Crippen molar-refractivity contribution in [3.05, 3.63) is 28.0 Å². The van der Waals surface area contributed by atoms with Crippen LogP contribution in [0.5, 0.6) is 0 Å². The molecule has 0 aliphatic heterocycles. The van der Waals surface area contributed by atoms with Gasteiger partial charge in [-0.15, -0.1) is 0 Å². The highest BCUT2D eigenvalue weighted by Gasteiger charge is 2.20. The van der Waals surface area contributed by atoms with E-state index >= 15 is 0 Å². The van der Waals surface area contributed by atoms with E-state index in [-0.39, 0.29) is 5.82 Å². The first kappa shape index (κ1) is 13.9. The second kappa shape index (κ2) is 6.05. The fourth-order valence-electron chi connectivity index (χ4n) is 2.74. The fourth-order valence-corrected chi connectivity index (χ4v) is 3.19. The Morgan fingerprint density at radius 3 is 2.56 bits per heavy atom. The molecule has 1 fully saturated rings. The van der Waals surface area contributed by atoms with Crippen molar-refractivity contribution in [2.75, 3.05) is 5.32 Å². The van der Waals surface area contributed by atoms with Gasteiger partial charge >= 0.3 is 0 Å². The van der Waals surface area contributed by atoms with Gasteiger partial charge in [0.15, 0.2) is 0 Å². The molecule has 0 saturated heterocycles. The molecule has 3 heteroatoms. The van der Waals surface area contributed by atoms with Crippen molar-refractivity contribution in [1.29, 1.82) is 0 Å². The predicted molar refractivity (Wildman–Crippen MR) is 78.5 cm³/mol. The molecule has 1 aromatic carbocycles. The molecule has 1 nitrogen and oxygen atoms in total. The number of halogens is 2. The van der Waals surface area contributed by atoms with Crippen molar-refractivity contribution in [2.24, 2.45) is 5.92 Å². The van der Waals surface area contributed by atoms with E-state index in [4.69, 9.17) is 0 Å². The van der Waals surface area contributed by atoms with Crippen LogP contribution in [0.4, 0.5) is 10.1 Å². The van der Waals surface area contributed by atoms with Crippen LogP contribution in [0.1, 0.15) is 44.6 Å². The molecule has 1 saturated carbocycles. The third-order valence-corrected chi connectivity index (χ3v) is 4.66. The summed E-state index contributed by atoms with van der Waals surface area (Å²) in [5, 5.41) is 3.50. The van der Waals surface area contributed by atoms with Gasteiger partial charge in [0.25, 0.3) is 0 Å². The Labute approximate surface area is 117 Å². The smallest absolute Gasteiger partial charge is 0.139 e. The van der Waals surface area contributed by atoms with Crippen molar-refractivity contribution in [2.45, 2.75) is 52.0 Å². The zero-order valence-corrected chi connectivity index (χ0v) is 12.7. The van der Waals surface area contributed by atoms with Crippen molar-refractivity contribution in [3.63, 3.8) is 0 Å². The average Bonchev–Trinajstić information content (AvgIpc) is 2.37. The molecule has 0 aromatic heterocycles. The van der Waals surface area contributed by atoms with E-state index in [1.807, 2.05) is 13.0 Å². The maximum absolute atomic E-state index is 13.5. The van der Waals surface area contributed by atoms with Crippen LogP contribution in [0, 0.1) is 18.7 Å². The number of anilines is 1. The molecule has 0 atom stereocenters. The van der Waals surface area contributed by atoms with Crippen LogP contribution in [0.2, 0.25) is 0 Å². The minimum absolute atomic E-state index is 0.189. The quantitative estimate of drug-likeness (QED) is 0.800. The van der Waals surface area contributed by atoms with E-state index in [0.29, 0.717) is 10.5 Å². The summed E-state index contributed by atoms with van der Waals surface area (Å²) < 4.78 is 14.1. The van der Waals surface area contributed by atoms with E-state index < -0.39 is 0 Å². The molecule has 18 heavy (non-hydrogen) atoms. The second-order valence-corrected chi connectivity index (χ2v) is 6.21. The van der Waals surface area contributed by atoms with Crippen LogP contribution in [0.3, 0.4) is 0 Å². The van der Waals surface area contributed by atoms with Gasteiger partial charge in [-0.05, 0) is 72.2 Å². The van der Waals surface area contributed by atoms with Crippen molar-refractivity contribution in [1.82, 2.24) is 0 Å². The summed E-state index contributed by atoms with van der Waals surface area (Å²) in [7, 11) is 0. The van der Waals surface area contributed by atoms with Crippen LogP contribution in [0.15, 0.2) is 16.6 Å². The molecule has 2 rings (SSSR count). The molecule has 0 radical (unpaired) electrons. The van der Waals surface area contributed by atoms with Crippen LogP contribution < -0.4 is 5.32 Å². The first-order valence-corrected chi connectivity index (χ1v) is 7.61. The number of aryl methyl sites for hydroxylation is 1. The van der Waals surface area contributed by atoms with Gasteiger partial charge in [0.05, 0.1) is 4.47 Å². The normalized spacial score (nSPS) is 24.0. The minimum Gasteiger partial charge on any atom is -0.382 e. The lowest BCUT2D eigenvalue weighted by Crippen LogP contribution is -2.26. The predicted octanol–water partition coefficient (Wildman–Crippen LogP) is 5.28. The molecule has 100 valence electrons. The van der Waals surface area contributed by atoms with Gasteiger partial charge in [-0.2, -0.15) is 0 Å². The summed E-state index contributed by atoms with van der Waals surface area (Å²) >= 11 is 3.22. The molecule has 1 N–H and O–H groups in total. The number of benzene rings is 1. The minimum atomic E-state index is -0.189. The maximum Gasteiger partial charge on any atom is 0.139 e. The summed E-state index contributed by atoms with van der Waals surface area (Å²) in [5.41, 5.74) is 2.04. The Morgan fingerprint density at radius 2 is 1.94 bits per heavy atom. The molecule has 1 aliphatic carbocycles. The molecule has 1 aliphatic rings. The first-order valence-electron chi connectivity index (χ1n) is 6.82. The molecule has 0 amide bonds. The summed E-state index contributed by atoms with van der Waals surface area (Å²) in [6.07, 6.45) is 6.29. The van der Waals surface area contributed by atoms with Crippen LogP contribution in [0.25, 0.3) is 0 Å². The molecule has 0 unspecified atom stereocenters. The lowest BCUT2D eigenvalue weighted by molar-refractivity contribution is 0.330. The number of nitrogens with one attached hydrogen (secondary N) is 1. The molecule has 1 aromatic rings. The SMILES string of the molecule is CCC1CCC(Nc2cc(F)c(Br)cc2C)CC1. The highest BCUT2D eigenvalue weighted by atomic mass is 79.9. The number of rotatable bonds is 3. The summed E-state index contributed by atoms with van der Waals surface area (Å²) in [6, 6.07) is 3.95. The zero-order chi connectivity index (χ0) is 13.1. The lowest BCUT2D eigenvalue weighted by atomic mass is 9.84. The topological polar surface area (TPSA) is 12.0 Å². The molecule has 0 spiro atoms. The highest BCUT2D eigenvalue weighted by Crippen LogP contribution is 2.30. The second-order valence-electron chi connectivity index (χ2n) is 5.35. The summed E-state index contributed by atoms with van der Waals surface area (Å²) in [5.74, 6) is 0.705. The zero-order valence-electron chi connectivity index (χ0n) is 11.1. The monoisotopic (exact) mass is 313 g/mol. The van der Waals surface area contributed by atoms with Gasteiger partial charge in [-0.3, -0.25) is 0 Å². The molecule has 0 heterocycles. The van der Waals surface area contributed by atoms with Gasteiger partial charge in [0, 0.05) is 11.7 Å². The van der Waals surface area contributed by atoms with Crippen molar-refractivity contribution < 1.29 is 4.39 Å². The van der Waals surface area contributed by atoms with Gasteiger partial charge in [0.2, 0.25) is 0 Å². The van der Waals surface area contributed by atoms with Crippen molar-refractivity contribution >= 4 is 21.6 Å². The van der Waals surface area contributed by atoms with Crippen LogP contribution in [-0.4, -0.2) is 6.04 Å². The van der Waals surface area contributed by atoms with Crippen molar-refractivity contribution in [3.8, 4) is 0 Å². The summed E-state index contributed by atoms with van der Waals surface area (Å²) in [6.45, 7) is 4.29. The highest BCUT2D eigenvalue weighted by molar-refractivity contribution is 9.10. The Balaban J connectivity index is 2.00. The Kier molecular flexibility index (Phi) is 4.66. The number of hydrogen-bond acceptors (Lipinski definition) is 1.